The number of carbonyl (C=O) groups excluding carboxylic acids is 2. The summed E-state index contributed by atoms with van der Waals surface area (Å²) in [6.07, 6.45) is 0. The molecule has 0 aliphatic rings. The Hall–Kier alpha value is -2.33. The lowest BCUT2D eigenvalue weighted by molar-refractivity contribution is 0.0773. The summed E-state index contributed by atoms with van der Waals surface area (Å²) in [5.41, 5.74) is 1.55. The zero-order chi connectivity index (χ0) is 16.8. The molecule has 23 heavy (non-hydrogen) atoms. The lowest BCUT2D eigenvalue weighted by atomic mass is 10.1. The third kappa shape index (κ3) is 4.33. The van der Waals surface area contributed by atoms with E-state index in [0.29, 0.717) is 34.9 Å². The number of benzene rings is 2. The zero-order valence-corrected chi connectivity index (χ0v) is 13.9. The summed E-state index contributed by atoms with van der Waals surface area (Å²) in [5.74, 6) is -0.353. The molecule has 0 spiro atoms. The van der Waals surface area contributed by atoms with Crippen molar-refractivity contribution >= 4 is 29.1 Å². The fourth-order valence-corrected chi connectivity index (χ4v) is 2.45. The molecule has 0 aliphatic carbocycles. The van der Waals surface area contributed by atoms with Gasteiger partial charge in [0.2, 0.25) is 0 Å². The fourth-order valence-electron chi connectivity index (χ4n) is 2.26. The normalized spacial score (nSPS) is 10.2. The van der Waals surface area contributed by atoms with Gasteiger partial charge in [-0.15, -0.1) is 0 Å². The second-order valence-electron chi connectivity index (χ2n) is 5.02. The molecular formula is C18H19ClN2O2. The summed E-state index contributed by atoms with van der Waals surface area (Å²) in [4.78, 5) is 26.4. The van der Waals surface area contributed by atoms with E-state index in [9.17, 15) is 9.59 Å². The van der Waals surface area contributed by atoms with Crippen molar-refractivity contribution in [2.45, 2.75) is 13.8 Å². The second-order valence-corrected chi connectivity index (χ2v) is 5.46. The van der Waals surface area contributed by atoms with Crippen molar-refractivity contribution < 1.29 is 9.59 Å². The molecule has 0 saturated heterocycles. The number of halogens is 1. The van der Waals surface area contributed by atoms with Gasteiger partial charge in [-0.1, -0.05) is 23.7 Å². The molecule has 4 nitrogen and oxygen atoms in total. The maximum atomic E-state index is 12.4. The molecule has 0 aromatic heterocycles. The van der Waals surface area contributed by atoms with Crippen LogP contribution in [0.15, 0.2) is 48.5 Å². The topological polar surface area (TPSA) is 49.4 Å². The average molecular weight is 331 g/mol. The number of carbonyl (C=O) groups is 2. The Morgan fingerprint density at radius 2 is 1.65 bits per heavy atom. The molecule has 1 N–H and O–H groups in total. The fraction of sp³-hybridized carbons (Fsp3) is 0.222. The Morgan fingerprint density at radius 3 is 2.30 bits per heavy atom. The molecule has 0 saturated carbocycles. The van der Waals surface area contributed by atoms with Crippen LogP contribution in [0, 0.1) is 0 Å². The van der Waals surface area contributed by atoms with Crippen LogP contribution in [0.5, 0.6) is 0 Å². The Labute approximate surface area is 141 Å². The third-order valence-corrected chi connectivity index (χ3v) is 3.74. The van der Waals surface area contributed by atoms with Crippen LogP contribution in [0.1, 0.15) is 34.6 Å². The summed E-state index contributed by atoms with van der Waals surface area (Å²) >= 11 is 5.91. The van der Waals surface area contributed by atoms with Gasteiger partial charge in [-0.05, 0) is 50.2 Å². The van der Waals surface area contributed by atoms with E-state index >= 15 is 0 Å². The summed E-state index contributed by atoms with van der Waals surface area (Å²) in [7, 11) is 0. The van der Waals surface area contributed by atoms with Crippen LogP contribution >= 0.6 is 11.6 Å². The number of anilines is 1. The van der Waals surface area contributed by atoms with Gasteiger partial charge in [-0.2, -0.15) is 0 Å². The Bertz CT molecular complexity index is 712. The molecule has 2 amide bonds. The number of hydrogen-bond donors (Lipinski definition) is 1. The lowest BCUT2D eigenvalue weighted by Gasteiger charge is -2.18. The quantitative estimate of drug-likeness (QED) is 0.898. The van der Waals surface area contributed by atoms with Crippen molar-refractivity contribution in [1.82, 2.24) is 4.90 Å². The molecule has 2 rings (SSSR count). The summed E-state index contributed by atoms with van der Waals surface area (Å²) in [6.45, 7) is 5.12. The predicted octanol–water partition coefficient (Wildman–Crippen LogP) is 4.07. The van der Waals surface area contributed by atoms with E-state index in [2.05, 4.69) is 5.32 Å². The van der Waals surface area contributed by atoms with Gasteiger partial charge in [-0.25, -0.2) is 0 Å². The van der Waals surface area contributed by atoms with Crippen LogP contribution in [0.3, 0.4) is 0 Å². The van der Waals surface area contributed by atoms with Crippen molar-refractivity contribution in [3.63, 3.8) is 0 Å². The minimum Gasteiger partial charge on any atom is -0.339 e. The molecular weight excluding hydrogens is 312 g/mol. The molecule has 0 aliphatic heterocycles. The predicted molar refractivity (Wildman–Crippen MR) is 93.1 cm³/mol. The van der Waals surface area contributed by atoms with E-state index in [1.807, 2.05) is 13.8 Å². The molecule has 0 atom stereocenters. The standard InChI is InChI=1S/C18H19ClN2O2/c1-3-21(4-2)18(23)14-8-5-7-13(11-14)17(22)20-16-10-6-9-15(19)12-16/h5-12H,3-4H2,1-2H3,(H,20,22). The largest absolute Gasteiger partial charge is 0.339 e. The van der Waals surface area contributed by atoms with Crippen molar-refractivity contribution in [3.8, 4) is 0 Å². The smallest absolute Gasteiger partial charge is 0.255 e. The molecule has 5 heteroatoms. The first-order chi connectivity index (χ1) is 11.0. The SMILES string of the molecule is CCN(CC)C(=O)c1cccc(C(=O)Nc2cccc(Cl)c2)c1. The molecule has 0 fully saturated rings. The number of rotatable bonds is 5. The van der Waals surface area contributed by atoms with Crippen LogP contribution < -0.4 is 5.32 Å². The molecule has 120 valence electrons. The van der Waals surface area contributed by atoms with Crippen LogP contribution in [-0.2, 0) is 0 Å². The highest BCUT2D eigenvalue weighted by Crippen LogP contribution is 2.16. The van der Waals surface area contributed by atoms with Crippen molar-refractivity contribution in [2.75, 3.05) is 18.4 Å². The maximum Gasteiger partial charge on any atom is 0.255 e. The highest BCUT2D eigenvalue weighted by Gasteiger charge is 2.14. The van der Waals surface area contributed by atoms with E-state index in [1.165, 1.54) is 0 Å². The summed E-state index contributed by atoms with van der Waals surface area (Å²) < 4.78 is 0. The molecule has 2 aromatic carbocycles. The highest BCUT2D eigenvalue weighted by molar-refractivity contribution is 6.31. The van der Waals surface area contributed by atoms with Crippen molar-refractivity contribution in [1.29, 1.82) is 0 Å². The molecule has 0 unspecified atom stereocenters. The molecule has 0 bridgehead atoms. The first-order valence-corrected chi connectivity index (χ1v) is 7.89. The van der Waals surface area contributed by atoms with Crippen LogP contribution in [0.4, 0.5) is 5.69 Å². The van der Waals surface area contributed by atoms with Crippen LogP contribution in [-0.4, -0.2) is 29.8 Å². The van der Waals surface area contributed by atoms with Crippen molar-refractivity contribution in [3.05, 3.63) is 64.7 Å². The minimum atomic E-state index is -0.276. The second kappa shape index (κ2) is 7.79. The number of amides is 2. The van der Waals surface area contributed by atoms with E-state index in [4.69, 9.17) is 11.6 Å². The summed E-state index contributed by atoms with van der Waals surface area (Å²) in [6, 6.07) is 13.7. The van der Waals surface area contributed by atoms with Gasteiger partial charge in [0.1, 0.15) is 0 Å². The maximum absolute atomic E-state index is 12.4. The third-order valence-electron chi connectivity index (χ3n) is 3.50. The Morgan fingerprint density at radius 1 is 1.00 bits per heavy atom. The first-order valence-electron chi connectivity index (χ1n) is 7.51. The van der Waals surface area contributed by atoms with E-state index in [-0.39, 0.29) is 11.8 Å². The molecule has 0 radical (unpaired) electrons. The van der Waals surface area contributed by atoms with Gasteiger partial charge in [0, 0.05) is 34.9 Å². The van der Waals surface area contributed by atoms with Gasteiger partial charge in [0.05, 0.1) is 0 Å². The average Bonchev–Trinajstić information content (AvgIpc) is 2.56. The number of nitrogens with one attached hydrogen (secondary N) is 1. The molecule has 0 heterocycles. The number of nitrogens with zero attached hydrogens (tertiary/aromatic N) is 1. The van der Waals surface area contributed by atoms with Crippen LogP contribution in [0.25, 0.3) is 0 Å². The molecule has 2 aromatic rings. The zero-order valence-electron chi connectivity index (χ0n) is 13.2. The van der Waals surface area contributed by atoms with Gasteiger partial charge in [-0.3, -0.25) is 9.59 Å². The van der Waals surface area contributed by atoms with Gasteiger partial charge >= 0.3 is 0 Å². The summed E-state index contributed by atoms with van der Waals surface area (Å²) in [5, 5.41) is 3.32. The Balaban J connectivity index is 2.19. The monoisotopic (exact) mass is 330 g/mol. The Kier molecular flexibility index (Phi) is 5.77. The van der Waals surface area contributed by atoms with E-state index in [0.717, 1.165) is 0 Å². The van der Waals surface area contributed by atoms with E-state index < -0.39 is 0 Å². The van der Waals surface area contributed by atoms with Crippen molar-refractivity contribution in [2.24, 2.45) is 0 Å². The van der Waals surface area contributed by atoms with Crippen LogP contribution in [0.2, 0.25) is 5.02 Å². The lowest BCUT2D eigenvalue weighted by Crippen LogP contribution is -2.30. The van der Waals surface area contributed by atoms with Gasteiger partial charge < -0.3 is 10.2 Å². The number of hydrogen-bond acceptors (Lipinski definition) is 2. The van der Waals surface area contributed by atoms with Gasteiger partial charge in [0.25, 0.3) is 11.8 Å². The minimum absolute atomic E-state index is 0.0765. The van der Waals surface area contributed by atoms with Gasteiger partial charge in [0.15, 0.2) is 0 Å². The first kappa shape index (κ1) is 17.0. The highest BCUT2D eigenvalue weighted by atomic mass is 35.5. The van der Waals surface area contributed by atoms with E-state index in [1.54, 1.807) is 53.4 Å².